The van der Waals surface area contributed by atoms with Crippen molar-refractivity contribution < 1.29 is 4.42 Å². The minimum Gasteiger partial charge on any atom is -0.456 e. The van der Waals surface area contributed by atoms with Gasteiger partial charge >= 0.3 is 0 Å². The van der Waals surface area contributed by atoms with Crippen LogP contribution in [0.4, 0.5) is 17.1 Å². The molecule has 0 bridgehead atoms. The van der Waals surface area contributed by atoms with Gasteiger partial charge in [0.25, 0.3) is 0 Å². The Hall–Kier alpha value is -6.64. The number of fused-ring (bicyclic) bond motifs is 9. The standard InChI is InChI=1S/C51H35NO/c1-51(2)42-31-35-17-4-3-16-34(35)30-41(42)39-23-12-25-45(50(39)51)52(43-24-13-27-47-49(43)40-21-9-10-26-46(40)53-47)44-29-28-33-15-6-8-20-37(33)48(44)38-22-11-18-32-14-5-7-19-36(32)38/h3-31H,1-2H3. The third-order valence-electron chi connectivity index (χ3n) is 11.6. The number of rotatable bonds is 4. The Morgan fingerprint density at radius 3 is 1.83 bits per heavy atom. The van der Waals surface area contributed by atoms with E-state index in [-0.39, 0.29) is 5.41 Å². The van der Waals surface area contributed by atoms with Gasteiger partial charge in [-0.1, -0.05) is 147 Å². The third-order valence-corrected chi connectivity index (χ3v) is 11.6. The van der Waals surface area contributed by atoms with Gasteiger partial charge in [0.2, 0.25) is 0 Å². The van der Waals surface area contributed by atoms with Gasteiger partial charge in [0, 0.05) is 16.4 Å². The van der Waals surface area contributed by atoms with Crippen LogP contribution >= 0.6 is 0 Å². The largest absolute Gasteiger partial charge is 0.456 e. The average Bonchev–Trinajstić information content (AvgIpc) is 3.69. The first kappa shape index (κ1) is 30.0. The molecule has 10 aromatic rings. The Morgan fingerprint density at radius 2 is 1.00 bits per heavy atom. The third kappa shape index (κ3) is 4.33. The van der Waals surface area contributed by atoms with Crippen molar-refractivity contribution in [2.24, 2.45) is 0 Å². The van der Waals surface area contributed by atoms with Gasteiger partial charge in [-0.15, -0.1) is 0 Å². The zero-order valence-electron chi connectivity index (χ0n) is 29.6. The molecule has 1 aliphatic carbocycles. The number of benzene rings is 9. The summed E-state index contributed by atoms with van der Waals surface area (Å²) >= 11 is 0. The van der Waals surface area contributed by atoms with Crippen molar-refractivity contribution >= 4 is 71.3 Å². The highest BCUT2D eigenvalue weighted by atomic mass is 16.3. The first-order valence-electron chi connectivity index (χ1n) is 18.4. The van der Waals surface area contributed by atoms with Crippen molar-refractivity contribution in [3.63, 3.8) is 0 Å². The summed E-state index contributed by atoms with van der Waals surface area (Å²) in [5.74, 6) is 0. The molecule has 0 N–H and O–H groups in total. The Morgan fingerprint density at radius 1 is 0.415 bits per heavy atom. The van der Waals surface area contributed by atoms with Crippen molar-refractivity contribution in [2.75, 3.05) is 4.90 Å². The second kappa shape index (κ2) is 11.2. The lowest BCUT2D eigenvalue weighted by atomic mass is 9.80. The first-order chi connectivity index (χ1) is 26.1. The number of hydrogen-bond donors (Lipinski definition) is 0. The van der Waals surface area contributed by atoms with Crippen LogP contribution in [0.1, 0.15) is 25.0 Å². The molecule has 2 nitrogen and oxygen atoms in total. The van der Waals surface area contributed by atoms with Crippen molar-refractivity contribution in [1.82, 2.24) is 0 Å². The van der Waals surface area contributed by atoms with Gasteiger partial charge in [-0.2, -0.15) is 0 Å². The second-order valence-electron chi connectivity index (χ2n) is 14.9. The van der Waals surface area contributed by atoms with Crippen molar-refractivity contribution in [1.29, 1.82) is 0 Å². The molecule has 0 saturated heterocycles. The molecule has 0 fully saturated rings. The predicted molar refractivity (Wildman–Crippen MR) is 224 cm³/mol. The van der Waals surface area contributed by atoms with E-state index in [0.29, 0.717) is 0 Å². The number of nitrogens with zero attached hydrogens (tertiary/aromatic N) is 1. The summed E-state index contributed by atoms with van der Waals surface area (Å²) in [7, 11) is 0. The summed E-state index contributed by atoms with van der Waals surface area (Å²) in [5.41, 5.74) is 12.6. The minimum atomic E-state index is -0.271. The SMILES string of the molecule is CC1(C)c2cc3ccccc3cc2-c2cccc(N(c3ccc4ccccc4c3-c3cccc4ccccc34)c3cccc4oc5ccccc5c34)c21. The number of hydrogen-bond acceptors (Lipinski definition) is 2. The van der Waals surface area contributed by atoms with Crippen LogP contribution in [0, 0.1) is 0 Å². The van der Waals surface area contributed by atoms with E-state index < -0.39 is 0 Å². The van der Waals surface area contributed by atoms with E-state index in [9.17, 15) is 0 Å². The lowest BCUT2D eigenvalue weighted by Gasteiger charge is -2.34. The summed E-state index contributed by atoms with van der Waals surface area (Å²) in [5, 5.41) is 9.64. The summed E-state index contributed by atoms with van der Waals surface area (Å²) in [4.78, 5) is 2.54. The molecule has 2 heteroatoms. The van der Waals surface area contributed by atoms with Gasteiger partial charge in [-0.05, 0) is 103 Å². The molecular weight excluding hydrogens is 643 g/mol. The van der Waals surface area contributed by atoms with E-state index in [1.54, 1.807) is 0 Å². The van der Waals surface area contributed by atoms with Crippen LogP contribution in [0.2, 0.25) is 0 Å². The smallest absolute Gasteiger partial charge is 0.137 e. The molecule has 0 radical (unpaired) electrons. The maximum atomic E-state index is 6.56. The highest BCUT2D eigenvalue weighted by Gasteiger charge is 2.40. The highest BCUT2D eigenvalue weighted by molar-refractivity contribution is 6.17. The van der Waals surface area contributed by atoms with Crippen LogP contribution in [-0.2, 0) is 5.41 Å². The molecule has 250 valence electrons. The predicted octanol–water partition coefficient (Wildman–Crippen LogP) is 14.5. The fourth-order valence-corrected chi connectivity index (χ4v) is 9.23. The van der Waals surface area contributed by atoms with Crippen LogP contribution < -0.4 is 4.90 Å². The van der Waals surface area contributed by atoms with E-state index in [4.69, 9.17) is 4.42 Å². The van der Waals surface area contributed by atoms with Crippen LogP contribution in [0.25, 0.3) is 76.5 Å². The molecule has 0 amide bonds. The van der Waals surface area contributed by atoms with Gasteiger partial charge in [0.1, 0.15) is 11.2 Å². The van der Waals surface area contributed by atoms with E-state index in [1.807, 2.05) is 0 Å². The second-order valence-corrected chi connectivity index (χ2v) is 14.9. The van der Waals surface area contributed by atoms with E-state index >= 15 is 0 Å². The Kier molecular flexibility index (Phi) is 6.33. The quantitative estimate of drug-likeness (QED) is 0.184. The molecule has 0 unspecified atom stereocenters. The molecule has 11 rings (SSSR count). The van der Waals surface area contributed by atoms with Gasteiger partial charge in [-0.25, -0.2) is 0 Å². The minimum absolute atomic E-state index is 0.271. The molecule has 9 aromatic carbocycles. The number of anilines is 3. The molecular formula is C51H35NO. The van der Waals surface area contributed by atoms with Gasteiger partial charge in [-0.3, -0.25) is 0 Å². The zero-order valence-corrected chi connectivity index (χ0v) is 29.6. The Labute approximate surface area is 308 Å². The van der Waals surface area contributed by atoms with Gasteiger partial charge < -0.3 is 9.32 Å². The molecule has 53 heavy (non-hydrogen) atoms. The van der Waals surface area contributed by atoms with E-state index in [0.717, 1.165) is 33.3 Å². The summed E-state index contributed by atoms with van der Waals surface area (Å²) < 4.78 is 6.56. The monoisotopic (exact) mass is 677 g/mol. The molecule has 1 heterocycles. The fourth-order valence-electron chi connectivity index (χ4n) is 9.23. The van der Waals surface area contributed by atoms with Crippen molar-refractivity contribution in [3.8, 4) is 22.3 Å². The molecule has 1 aromatic heterocycles. The van der Waals surface area contributed by atoms with Crippen LogP contribution in [0.3, 0.4) is 0 Å². The first-order valence-corrected chi connectivity index (χ1v) is 18.4. The highest BCUT2D eigenvalue weighted by Crippen LogP contribution is 2.57. The fraction of sp³-hybridized carbons (Fsp3) is 0.0588. The van der Waals surface area contributed by atoms with Crippen LogP contribution in [0.15, 0.2) is 180 Å². The maximum absolute atomic E-state index is 6.56. The summed E-state index contributed by atoms with van der Waals surface area (Å²) in [6.45, 7) is 4.79. The van der Waals surface area contributed by atoms with Crippen molar-refractivity contribution in [2.45, 2.75) is 19.3 Å². The molecule has 0 aliphatic heterocycles. The molecule has 0 atom stereocenters. The van der Waals surface area contributed by atoms with E-state index in [1.165, 1.54) is 71.4 Å². The van der Waals surface area contributed by atoms with Crippen LogP contribution in [-0.4, -0.2) is 0 Å². The van der Waals surface area contributed by atoms with Crippen LogP contribution in [0.5, 0.6) is 0 Å². The average molecular weight is 678 g/mol. The molecule has 0 spiro atoms. The summed E-state index contributed by atoms with van der Waals surface area (Å²) in [6.07, 6.45) is 0. The zero-order chi connectivity index (χ0) is 35.3. The summed E-state index contributed by atoms with van der Waals surface area (Å²) in [6, 6.07) is 64.3. The normalized spacial score (nSPS) is 13.2. The van der Waals surface area contributed by atoms with E-state index in [2.05, 4.69) is 195 Å². The van der Waals surface area contributed by atoms with Crippen molar-refractivity contribution in [3.05, 3.63) is 187 Å². The topological polar surface area (TPSA) is 16.4 Å². The van der Waals surface area contributed by atoms with Gasteiger partial charge in [0.05, 0.1) is 22.4 Å². The Balaban J connectivity index is 1.30. The lowest BCUT2D eigenvalue weighted by Crippen LogP contribution is -2.21. The van der Waals surface area contributed by atoms with Gasteiger partial charge in [0.15, 0.2) is 0 Å². The number of furan rings is 1. The Bertz CT molecular complexity index is 3100. The maximum Gasteiger partial charge on any atom is 0.137 e. The number of para-hydroxylation sites is 1. The molecule has 0 saturated carbocycles. The lowest BCUT2D eigenvalue weighted by molar-refractivity contribution is 0.661. The molecule has 1 aliphatic rings.